The van der Waals surface area contributed by atoms with E-state index in [1.54, 1.807) is 13.2 Å². The van der Waals surface area contributed by atoms with E-state index in [4.69, 9.17) is 9.26 Å². The van der Waals surface area contributed by atoms with Gasteiger partial charge in [0.25, 0.3) is 0 Å². The quantitative estimate of drug-likeness (QED) is 0.851. The van der Waals surface area contributed by atoms with Crippen molar-refractivity contribution < 1.29 is 14.1 Å². The summed E-state index contributed by atoms with van der Waals surface area (Å²) in [5.41, 5.74) is 0.704. The van der Waals surface area contributed by atoms with Gasteiger partial charge >= 0.3 is 0 Å². The second-order valence-electron chi connectivity index (χ2n) is 5.84. The molecule has 1 aromatic carbocycles. The maximum Gasteiger partial charge on any atom is 0.237 e. The maximum absolute atomic E-state index is 11.9. The Hall–Kier alpha value is -1.95. The SMILES string of the molecule is COc1ccc(SCC(=O)Nc2cc(C(C)(C)C)no2)cc1. The molecular weight excluding hydrogens is 300 g/mol. The number of nitrogens with one attached hydrogen (secondary N) is 1. The van der Waals surface area contributed by atoms with Crippen LogP contribution in [0.1, 0.15) is 26.5 Å². The molecule has 0 atom stereocenters. The van der Waals surface area contributed by atoms with Crippen molar-refractivity contribution in [2.24, 2.45) is 0 Å². The van der Waals surface area contributed by atoms with E-state index in [-0.39, 0.29) is 11.3 Å². The van der Waals surface area contributed by atoms with Crippen LogP contribution >= 0.6 is 11.8 Å². The highest BCUT2D eigenvalue weighted by Gasteiger charge is 2.19. The summed E-state index contributed by atoms with van der Waals surface area (Å²) in [6.45, 7) is 6.11. The van der Waals surface area contributed by atoms with E-state index in [1.165, 1.54) is 11.8 Å². The highest BCUT2D eigenvalue weighted by molar-refractivity contribution is 8.00. The van der Waals surface area contributed by atoms with E-state index in [1.807, 2.05) is 45.0 Å². The zero-order valence-corrected chi connectivity index (χ0v) is 14.0. The number of hydrogen-bond donors (Lipinski definition) is 1. The van der Waals surface area contributed by atoms with Crippen LogP contribution in [0.3, 0.4) is 0 Å². The van der Waals surface area contributed by atoms with Crippen molar-refractivity contribution in [2.45, 2.75) is 31.1 Å². The molecule has 0 radical (unpaired) electrons. The molecule has 2 aromatic rings. The largest absolute Gasteiger partial charge is 0.497 e. The molecule has 0 bridgehead atoms. The predicted octanol–water partition coefficient (Wildman–Crippen LogP) is 3.71. The van der Waals surface area contributed by atoms with Gasteiger partial charge in [0.15, 0.2) is 0 Å². The molecule has 0 spiro atoms. The summed E-state index contributed by atoms with van der Waals surface area (Å²) in [5, 5.41) is 6.68. The fourth-order valence-corrected chi connectivity index (χ4v) is 2.38. The Morgan fingerprint density at radius 2 is 2.00 bits per heavy atom. The number of anilines is 1. The lowest BCUT2D eigenvalue weighted by molar-refractivity contribution is -0.113. The first-order valence-electron chi connectivity index (χ1n) is 6.92. The van der Waals surface area contributed by atoms with Crippen LogP contribution in [0.5, 0.6) is 5.75 Å². The molecule has 6 heteroatoms. The second kappa shape index (κ2) is 6.87. The summed E-state index contributed by atoms with van der Waals surface area (Å²) < 4.78 is 10.2. The summed E-state index contributed by atoms with van der Waals surface area (Å²) >= 11 is 1.45. The number of hydrogen-bond acceptors (Lipinski definition) is 5. The van der Waals surface area contributed by atoms with Crippen molar-refractivity contribution in [3.05, 3.63) is 36.0 Å². The summed E-state index contributed by atoms with van der Waals surface area (Å²) in [4.78, 5) is 12.9. The number of thioether (sulfide) groups is 1. The van der Waals surface area contributed by atoms with Gasteiger partial charge in [-0.05, 0) is 24.3 Å². The summed E-state index contributed by atoms with van der Waals surface area (Å²) in [7, 11) is 1.62. The van der Waals surface area contributed by atoms with Crippen LogP contribution in [0.2, 0.25) is 0 Å². The maximum atomic E-state index is 11.9. The average Bonchev–Trinajstić information content (AvgIpc) is 2.94. The van der Waals surface area contributed by atoms with Crippen LogP contribution < -0.4 is 10.1 Å². The molecule has 0 unspecified atom stereocenters. The minimum Gasteiger partial charge on any atom is -0.497 e. The van der Waals surface area contributed by atoms with Crippen LogP contribution in [-0.4, -0.2) is 23.9 Å². The van der Waals surface area contributed by atoms with E-state index in [9.17, 15) is 4.79 Å². The highest BCUT2D eigenvalue weighted by atomic mass is 32.2. The van der Waals surface area contributed by atoms with Crippen molar-refractivity contribution in [3.63, 3.8) is 0 Å². The average molecular weight is 320 g/mol. The molecule has 0 saturated carbocycles. The molecule has 22 heavy (non-hydrogen) atoms. The molecule has 1 N–H and O–H groups in total. The van der Waals surface area contributed by atoms with Gasteiger partial charge < -0.3 is 9.26 Å². The number of carbonyl (C=O) groups excluding carboxylic acids is 1. The molecule has 0 aliphatic rings. The topological polar surface area (TPSA) is 64.4 Å². The van der Waals surface area contributed by atoms with E-state index in [0.717, 1.165) is 16.3 Å². The molecule has 0 saturated heterocycles. The highest BCUT2D eigenvalue weighted by Crippen LogP contribution is 2.24. The van der Waals surface area contributed by atoms with Gasteiger partial charge in [-0.1, -0.05) is 25.9 Å². The lowest BCUT2D eigenvalue weighted by atomic mass is 9.92. The fourth-order valence-electron chi connectivity index (χ4n) is 1.68. The number of ether oxygens (including phenoxy) is 1. The zero-order chi connectivity index (χ0) is 16.2. The lowest BCUT2D eigenvalue weighted by Crippen LogP contribution is -2.14. The molecule has 1 aromatic heterocycles. The van der Waals surface area contributed by atoms with E-state index >= 15 is 0 Å². The Morgan fingerprint density at radius 3 is 2.55 bits per heavy atom. The predicted molar refractivity (Wildman–Crippen MR) is 87.6 cm³/mol. The third-order valence-electron chi connectivity index (χ3n) is 2.97. The third kappa shape index (κ3) is 4.53. The minimum atomic E-state index is -0.127. The van der Waals surface area contributed by atoms with Gasteiger partial charge in [-0.25, -0.2) is 0 Å². The third-order valence-corrected chi connectivity index (χ3v) is 3.98. The monoisotopic (exact) mass is 320 g/mol. The van der Waals surface area contributed by atoms with Crippen LogP contribution in [0, 0.1) is 0 Å². The Morgan fingerprint density at radius 1 is 1.32 bits per heavy atom. The number of nitrogens with zero attached hydrogens (tertiary/aromatic N) is 1. The number of benzene rings is 1. The van der Waals surface area contributed by atoms with E-state index < -0.39 is 0 Å². The molecule has 1 amide bonds. The van der Waals surface area contributed by atoms with Crippen molar-refractivity contribution in [3.8, 4) is 5.75 Å². The van der Waals surface area contributed by atoms with Gasteiger partial charge in [-0.2, -0.15) is 0 Å². The Balaban J connectivity index is 1.86. The van der Waals surface area contributed by atoms with Gasteiger partial charge in [-0.3, -0.25) is 10.1 Å². The molecule has 0 aliphatic heterocycles. The minimum absolute atomic E-state index is 0.107. The van der Waals surface area contributed by atoms with Crippen LogP contribution in [0.25, 0.3) is 0 Å². The molecule has 118 valence electrons. The van der Waals surface area contributed by atoms with E-state index in [2.05, 4.69) is 10.5 Å². The van der Waals surface area contributed by atoms with E-state index in [0.29, 0.717) is 11.6 Å². The molecule has 0 fully saturated rings. The fraction of sp³-hybridized carbons (Fsp3) is 0.375. The number of rotatable bonds is 5. The summed E-state index contributed by atoms with van der Waals surface area (Å²) in [6.07, 6.45) is 0. The molecule has 1 heterocycles. The van der Waals surface area contributed by atoms with Gasteiger partial charge in [0, 0.05) is 16.4 Å². The molecule has 0 aliphatic carbocycles. The number of methoxy groups -OCH3 is 1. The number of aromatic nitrogens is 1. The standard InChI is InChI=1S/C16H20N2O3S/c1-16(2,3)13-9-15(21-18-13)17-14(19)10-22-12-7-5-11(20-4)6-8-12/h5-9H,10H2,1-4H3,(H,17,19). The van der Waals surface area contributed by atoms with Crippen molar-refractivity contribution in [1.82, 2.24) is 5.16 Å². The summed E-state index contributed by atoms with van der Waals surface area (Å²) in [5.74, 6) is 1.35. The number of carbonyl (C=O) groups is 1. The Labute approximate surface area is 134 Å². The number of amides is 1. The molecule has 5 nitrogen and oxygen atoms in total. The first kappa shape index (κ1) is 16.4. The molecular formula is C16H20N2O3S. The smallest absolute Gasteiger partial charge is 0.237 e. The molecule has 2 rings (SSSR count). The van der Waals surface area contributed by atoms with Gasteiger partial charge in [0.2, 0.25) is 11.8 Å². The van der Waals surface area contributed by atoms with Gasteiger partial charge in [-0.15, -0.1) is 11.8 Å². The first-order chi connectivity index (χ1) is 10.4. The van der Waals surface area contributed by atoms with Gasteiger partial charge in [0.05, 0.1) is 18.6 Å². The second-order valence-corrected chi connectivity index (χ2v) is 6.89. The van der Waals surface area contributed by atoms with Crippen LogP contribution in [-0.2, 0) is 10.2 Å². The van der Waals surface area contributed by atoms with Crippen LogP contribution in [0.15, 0.2) is 39.8 Å². The summed E-state index contributed by atoms with van der Waals surface area (Å²) in [6, 6.07) is 9.33. The Bertz CT molecular complexity index is 630. The van der Waals surface area contributed by atoms with Crippen molar-refractivity contribution in [1.29, 1.82) is 0 Å². The normalized spacial score (nSPS) is 11.3. The van der Waals surface area contributed by atoms with Crippen molar-refractivity contribution >= 4 is 23.6 Å². The Kier molecular flexibility index (Phi) is 5.13. The zero-order valence-electron chi connectivity index (χ0n) is 13.2. The first-order valence-corrected chi connectivity index (χ1v) is 7.91. The van der Waals surface area contributed by atoms with Crippen molar-refractivity contribution in [2.75, 3.05) is 18.2 Å². The lowest BCUT2D eigenvalue weighted by Gasteiger charge is -2.12. The van der Waals surface area contributed by atoms with Crippen LogP contribution in [0.4, 0.5) is 5.88 Å². The van der Waals surface area contributed by atoms with Gasteiger partial charge in [0.1, 0.15) is 5.75 Å².